The molecule has 0 aromatic rings. The van der Waals surface area contributed by atoms with Crippen molar-refractivity contribution in [2.24, 2.45) is 0 Å². The molecule has 0 heterocycles. The molecule has 0 amide bonds. The van der Waals surface area contributed by atoms with Crippen LogP contribution in [0.4, 0.5) is 51.8 Å². The van der Waals surface area contributed by atoms with E-state index in [0.717, 1.165) is 0 Å². The van der Waals surface area contributed by atoms with Gasteiger partial charge in [0.25, 0.3) is 6.47 Å². The van der Waals surface area contributed by atoms with Gasteiger partial charge < -0.3 is 62.7 Å². The molecular formula is C6H18B3F12KNO2-3. The van der Waals surface area contributed by atoms with Crippen molar-refractivity contribution in [3.05, 3.63) is 0 Å². The summed E-state index contributed by atoms with van der Waals surface area (Å²) in [6.07, 6.45) is 0. The van der Waals surface area contributed by atoms with Crippen LogP contribution >= 0.6 is 0 Å². The van der Waals surface area contributed by atoms with Crippen LogP contribution in [0.2, 0.25) is 0 Å². The first-order chi connectivity index (χ1) is 9.06. The first kappa shape index (κ1) is 44.7. The monoisotopic (exact) mass is 436 g/mol. The Balaban J connectivity index is -0.0000000336. The Morgan fingerprint density at radius 1 is 0.680 bits per heavy atom. The van der Waals surface area contributed by atoms with Gasteiger partial charge in [0.05, 0.1) is 0 Å². The predicted octanol–water partition coefficient (Wildman–Crippen LogP) is 5.01. The van der Waals surface area contributed by atoms with Crippen LogP contribution in [0.5, 0.6) is 0 Å². The number of hydrogen-bond acceptors (Lipinski definition) is 3. The third-order valence-electron chi connectivity index (χ3n) is 0.402. The van der Waals surface area contributed by atoms with Gasteiger partial charge in [-0.25, -0.2) is 0 Å². The summed E-state index contributed by atoms with van der Waals surface area (Å²) in [5.41, 5.74) is -0.318. The Bertz CT molecular complexity index is 233. The van der Waals surface area contributed by atoms with E-state index in [2.05, 4.69) is 4.74 Å². The Labute approximate surface area is 179 Å². The minimum atomic E-state index is -6.00. The van der Waals surface area contributed by atoms with Crippen LogP contribution in [0.1, 0.15) is 28.2 Å². The van der Waals surface area contributed by atoms with E-state index in [4.69, 9.17) is 0 Å². The quantitative estimate of drug-likeness (QED) is 0.358. The van der Waals surface area contributed by atoms with Crippen LogP contribution in [0.15, 0.2) is 0 Å². The minimum absolute atomic E-state index is 0. The molecule has 0 saturated carbocycles. The van der Waals surface area contributed by atoms with Gasteiger partial charge in [-0.15, -0.1) is 0 Å². The molecule has 0 radical (unpaired) electrons. The summed E-state index contributed by atoms with van der Waals surface area (Å²) in [6, 6.07) is 0. The van der Waals surface area contributed by atoms with Gasteiger partial charge in [-0.3, -0.25) is 4.79 Å². The zero-order chi connectivity index (χ0) is 19.4. The topological polar surface area (TPSA) is 61.3 Å². The molecule has 0 atom stereocenters. The number of carbonyl (C=O) groups is 1. The maximum atomic E-state index is 9.75. The first-order valence-corrected chi connectivity index (χ1v) is 4.79. The van der Waals surface area contributed by atoms with Gasteiger partial charge in [0.1, 0.15) is 5.60 Å². The van der Waals surface area contributed by atoms with E-state index in [0.29, 0.717) is 6.47 Å². The molecule has 0 spiro atoms. The van der Waals surface area contributed by atoms with Gasteiger partial charge >= 0.3 is 73.1 Å². The van der Waals surface area contributed by atoms with Crippen LogP contribution in [0.3, 0.4) is 0 Å². The first-order valence-electron chi connectivity index (χ1n) is 4.79. The summed E-state index contributed by atoms with van der Waals surface area (Å²) in [6.45, 7) is 5.92. The second-order valence-corrected chi connectivity index (χ2v) is 3.81. The van der Waals surface area contributed by atoms with E-state index in [-0.39, 0.29) is 70.6 Å². The summed E-state index contributed by atoms with van der Waals surface area (Å²) < 4.78 is 122. The fourth-order valence-electron chi connectivity index (χ4n) is 0.144. The third kappa shape index (κ3) is 628. The van der Waals surface area contributed by atoms with Crippen LogP contribution in [0.25, 0.3) is 0 Å². The van der Waals surface area contributed by atoms with Gasteiger partial charge in [-0.2, -0.15) is 0 Å². The standard InChI is InChI=1S/C5H10O2.CH4.3BF4.K.H3N.H/c1-5(2,3)7-4-6;;3*2-1(3,4)5;;;/h4H,1-3H3;1H4;;;;;1H3;/q;;3*-1;;;. The molecule has 0 saturated heterocycles. The molecule has 0 aromatic carbocycles. The van der Waals surface area contributed by atoms with Crippen molar-refractivity contribution in [2.45, 2.75) is 33.8 Å². The van der Waals surface area contributed by atoms with Gasteiger partial charge in [0.15, 0.2) is 0 Å². The van der Waals surface area contributed by atoms with E-state index in [9.17, 15) is 56.6 Å². The van der Waals surface area contributed by atoms with Gasteiger partial charge in [0.2, 0.25) is 0 Å². The van der Waals surface area contributed by atoms with Crippen molar-refractivity contribution in [1.82, 2.24) is 6.15 Å². The zero-order valence-electron chi connectivity index (χ0n) is 11.9. The van der Waals surface area contributed by atoms with Crippen molar-refractivity contribution >= 4 is 79.6 Å². The molecule has 0 aliphatic carbocycles. The summed E-state index contributed by atoms with van der Waals surface area (Å²) >= 11 is 0. The Hall–Kier alpha value is 0.421. The molecule has 0 aromatic heterocycles. The molecule has 3 nitrogen and oxygen atoms in total. The van der Waals surface area contributed by atoms with Crippen molar-refractivity contribution in [3.8, 4) is 0 Å². The second-order valence-electron chi connectivity index (χ2n) is 3.81. The van der Waals surface area contributed by atoms with Crippen molar-refractivity contribution in [1.29, 1.82) is 0 Å². The Morgan fingerprint density at radius 2 is 0.800 bits per heavy atom. The Kier molecular flexibility index (Phi) is 34.3. The molecule has 19 heteroatoms. The van der Waals surface area contributed by atoms with Crippen LogP contribution < -0.4 is 6.15 Å². The normalized spacial score (nSPS) is 10.2. The number of ether oxygens (including phenoxy) is 1. The molecule has 0 aliphatic heterocycles. The number of halogens is 12. The predicted molar refractivity (Wildman–Crippen MR) is 76.4 cm³/mol. The fourth-order valence-corrected chi connectivity index (χ4v) is 0.144. The number of hydrogen-bond donors (Lipinski definition) is 1. The summed E-state index contributed by atoms with van der Waals surface area (Å²) in [4.78, 5) is 9.60. The molecule has 0 fully saturated rings. The van der Waals surface area contributed by atoms with Crippen LogP contribution in [-0.2, 0) is 9.53 Å². The number of rotatable bonds is 1. The average Bonchev–Trinajstić information content (AvgIpc) is 1.88. The van der Waals surface area contributed by atoms with E-state index < -0.39 is 21.8 Å². The van der Waals surface area contributed by atoms with E-state index in [1.165, 1.54) is 0 Å². The summed E-state index contributed by atoms with van der Waals surface area (Å²) in [5.74, 6) is 0. The van der Waals surface area contributed by atoms with E-state index in [1.807, 2.05) is 20.8 Å². The van der Waals surface area contributed by atoms with Crippen molar-refractivity contribution in [2.75, 3.05) is 0 Å². The van der Waals surface area contributed by atoms with Gasteiger partial charge in [-0.05, 0) is 20.8 Å². The molecule has 25 heavy (non-hydrogen) atoms. The van der Waals surface area contributed by atoms with Gasteiger partial charge in [0, 0.05) is 0 Å². The SMILES string of the molecule is C.CC(C)(C)OC=O.F[B-](F)(F)F.F[B-](F)(F)F.F[B-](F)(F)F.N.[KH]. The average molecular weight is 436 g/mol. The van der Waals surface area contributed by atoms with Crippen molar-refractivity contribution in [3.63, 3.8) is 0 Å². The Morgan fingerprint density at radius 3 is 0.800 bits per heavy atom. The van der Waals surface area contributed by atoms with Crippen molar-refractivity contribution < 1.29 is 61.3 Å². The van der Waals surface area contributed by atoms with Crippen LogP contribution in [0, 0.1) is 0 Å². The van der Waals surface area contributed by atoms with E-state index >= 15 is 0 Å². The molecule has 0 unspecified atom stereocenters. The van der Waals surface area contributed by atoms with E-state index in [1.54, 1.807) is 0 Å². The second kappa shape index (κ2) is 19.2. The zero-order valence-corrected chi connectivity index (χ0v) is 11.9. The molecule has 0 rings (SSSR count). The summed E-state index contributed by atoms with van der Waals surface area (Å²) in [5, 5.41) is 0. The van der Waals surface area contributed by atoms with Crippen LogP contribution in [-0.4, -0.2) is 85.2 Å². The molecule has 156 valence electrons. The number of carbonyl (C=O) groups excluding carboxylic acids is 1. The third-order valence-corrected chi connectivity index (χ3v) is 0.402. The molecule has 0 aliphatic rings. The van der Waals surface area contributed by atoms with Gasteiger partial charge in [-0.1, -0.05) is 7.43 Å². The molecule has 3 N–H and O–H groups in total. The molecule has 0 bridgehead atoms. The molecular weight excluding hydrogens is 418 g/mol. The maximum absolute atomic E-state index is 9.75. The fraction of sp³-hybridized carbons (Fsp3) is 0.833. The summed E-state index contributed by atoms with van der Waals surface area (Å²) in [7, 11) is -18.0.